The summed E-state index contributed by atoms with van der Waals surface area (Å²) in [5.41, 5.74) is 0.840. The lowest BCUT2D eigenvalue weighted by molar-refractivity contribution is 0.0472. The Morgan fingerprint density at radius 1 is 1.17 bits per heavy atom. The SMILES string of the molecule is COc1ccc(COC(=O)c2cccc(S(=O)(=O)N[C@@H]3CCS(=O)(=O)C3)c2)cc1. The summed E-state index contributed by atoms with van der Waals surface area (Å²) in [6.45, 7) is 0.0258. The number of esters is 1. The Morgan fingerprint density at radius 2 is 1.90 bits per heavy atom. The van der Waals surface area contributed by atoms with Crippen molar-refractivity contribution in [2.75, 3.05) is 18.6 Å². The number of sulfone groups is 1. The first-order valence-corrected chi connectivity index (χ1v) is 12.1. The molecule has 29 heavy (non-hydrogen) atoms. The van der Waals surface area contributed by atoms with Crippen molar-refractivity contribution in [1.29, 1.82) is 0 Å². The van der Waals surface area contributed by atoms with Crippen LogP contribution in [0.2, 0.25) is 0 Å². The molecule has 1 aliphatic rings. The van der Waals surface area contributed by atoms with Crippen molar-refractivity contribution in [2.24, 2.45) is 0 Å². The monoisotopic (exact) mass is 439 g/mol. The summed E-state index contributed by atoms with van der Waals surface area (Å²) in [5.74, 6) is -0.254. The van der Waals surface area contributed by atoms with Gasteiger partial charge in [-0.05, 0) is 42.3 Å². The lowest BCUT2D eigenvalue weighted by Gasteiger charge is -2.12. The van der Waals surface area contributed by atoms with Crippen molar-refractivity contribution in [2.45, 2.75) is 24.0 Å². The number of rotatable bonds is 7. The Kier molecular flexibility index (Phi) is 6.25. The summed E-state index contributed by atoms with van der Waals surface area (Å²) in [4.78, 5) is 12.2. The Balaban J connectivity index is 1.66. The molecule has 0 spiro atoms. The zero-order chi connectivity index (χ0) is 21.1. The fraction of sp³-hybridized carbons (Fsp3) is 0.316. The van der Waals surface area contributed by atoms with Gasteiger partial charge in [0.1, 0.15) is 12.4 Å². The van der Waals surface area contributed by atoms with E-state index in [0.29, 0.717) is 5.75 Å². The number of carbonyl (C=O) groups is 1. The molecule has 8 nitrogen and oxygen atoms in total. The minimum Gasteiger partial charge on any atom is -0.497 e. The molecule has 10 heteroatoms. The highest BCUT2D eigenvalue weighted by Crippen LogP contribution is 2.18. The van der Waals surface area contributed by atoms with Crippen LogP contribution in [0.4, 0.5) is 0 Å². The summed E-state index contributed by atoms with van der Waals surface area (Å²) in [6, 6.07) is 11.8. The van der Waals surface area contributed by atoms with Crippen molar-refractivity contribution < 1.29 is 31.1 Å². The maximum atomic E-state index is 12.5. The summed E-state index contributed by atoms with van der Waals surface area (Å²) in [6.07, 6.45) is 0.227. The lowest BCUT2D eigenvalue weighted by Crippen LogP contribution is -2.35. The molecule has 0 unspecified atom stereocenters. The molecule has 1 saturated heterocycles. The van der Waals surface area contributed by atoms with Crippen LogP contribution in [0.15, 0.2) is 53.4 Å². The standard InChI is InChI=1S/C19H21NO7S2/c1-26-17-7-5-14(6-8-17)12-27-19(21)15-3-2-4-18(11-15)29(24,25)20-16-9-10-28(22,23)13-16/h2-8,11,16,20H,9-10,12-13H2,1H3/t16-/m1/s1. The van der Waals surface area contributed by atoms with Crippen molar-refractivity contribution in [1.82, 2.24) is 4.72 Å². The molecule has 156 valence electrons. The van der Waals surface area contributed by atoms with E-state index in [-0.39, 0.29) is 35.0 Å². The van der Waals surface area contributed by atoms with Gasteiger partial charge in [-0.15, -0.1) is 0 Å². The molecule has 0 aromatic heterocycles. The first kappa shape index (κ1) is 21.3. The number of ether oxygens (including phenoxy) is 2. The predicted molar refractivity (Wildman–Crippen MR) is 106 cm³/mol. The third-order valence-electron chi connectivity index (χ3n) is 4.46. The lowest BCUT2D eigenvalue weighted by atomic mass is 10.2. The largest absolute Gasteiger partial charge is 0.497 e. The van der Waals surface area contributed by atoms with E-state index in [1.165, 1.54) is 24.3 Å². The van der Waals surface area contributed by atoms with Gasteiger partial charge in [0.25, 0.3) is 0 Å². The minimum atomic E-state index is -3.96. The van der Waals surface area contributed by atoms with Gasteiger partial charge in [-0.1, -0.05) is 18.2 Å². The molecule has 2 aromatic carbocycles. The van der Waals surface area contributed by atoms with Crippen LogP contribution < -0.4 is 9.46 Å². The highest BCUT2D eigenvalue weighted by Gasteiger charge is 2.31. The van der Waals surface area contributed by atoms with Crippen molar-refractivity contribution in [3.05, 3.63) is 59.7 Å². The number of nitrogens with one attached hydrogen (secondary N) is 1. The van der Waals surface area contributed by atoms with Crippen LogP contribution in [-0.4, -0.2) is 47.5 Å². The van der Waals surface area contributed by atoms with E-state index in [1.54, 1.807) is 31.4 Å². The molecule has 1 aliphatic heterocycles. The molecule has 1 N–H and O–H groups in total. The normalized spacial score (nSPS) is 18.3. The van der Waals surface area contributed by atoms with Crippen LogP contribution in [0, 0.1) is 0 Å². The molecule has 0 aliphatic carbocycles. The number of benzene rings is 2. The average Bonchev–Trinajstić information content (AvgIpc) is 3.04. The van der Waals surface area contributed by atoms with E-state index in [4.69, 9.17) is 9.47 Å². The molecule has 2 aromatic rings. The predicted octanol–water partition coefficient (Wildman–Crippen LogP) is 1.52. The Labute approximate surface area is 169 Å². The first-order chi connectivity index (χ1) is 13.7. The second-order valence-electron chi connectivity index (χ2n) is 6.67. The topological polar surface area (TPSA) is 116 Å². The molecule has 0 saturated carbocycles. The van der Waals surface area contributed by atoms with Crippen LogP contribution in [0.3, 0.4) is 0 Å². The van der Waals surface area contributed by atoms with Crippen molar-refractivity contribution in [3.63, 3.8) is 0 Å². The fourth-order valence-electron chi connectivity index (χ4n) is 2.92. The van der Waals surface area contributed by atoms with E-state index >= 15 is 0 Å². The van der Waals surface area contributed by atoms with E-state index in [1.807, 2.05) is 0 Å². The van der Waals surface area contributed by atoms with Crippen LogP contribution in [0.25, 0.3) is 0 Å². The number of sulfonamides is 1. The second-order valence-corrected chi connectivity index (χ2v) is 10.6. The van der Waals surface area contributed by atoms with Crippen LogP contribution in [-0.2, 0) is 31.2 Å². The van der Waals surface area contributed by atoms with Crippen molar-refractivity contribution >= 4 is 25.8 Å². The third-order valence-corrected chi connectivity index (χ3v) is 7.75. The quantitative estimate of drug-likeness (QED) is 0.650. The summed E-state index contributed by atoms with van der Waals surface area (Å²) in [5, 5.41) is 0. The second kappa shape index (κ2) is 8.52. The number of methoxy groups -OCH3 is 1. The molecular weight excluding hydrogens is 418 g/mol. The maximum Gasteiger partial charge on any atom is 0.338 e. The van der Waals surface area contributed by atoms with E-state index < -0.39 is 31.9 Å². The molecule has 1 heterocycles. The van der Waals surface area contributed by atoms with Crippen LogP contribution in [0.1, 0.15) is 22.3 Å². The average molecular weight is 440 g/mol. The fourth-order valence-corrected chi connectivity index (χ4v) is 6.01. The summed E-state index contributed by atoms with van der Waals surface area (Å²) >= 11 is 0. The molecule has 0 amide bonds. The first-order valence-electron chi connectivity index (χ1n) is 8.81. The smallest absolute Gasteiger partial charge is 0.338 e. The van der Waals surface area contributed by atoms with E-state index in [0.717, 1.165) is 5.56 Å². The highest BCUT2D eigenvalue weighted by molar-refractivity contribution is 7.92. The van der Waals surface area contributed by atoms with Crippen LogP contribution in [0.5, 0.6) is 5.75 Å². The van der Waals surface area contributed by atoms with Gasteiger partial charge in [0.05, 0.1) is 29.1 Å². The van der Waals surface area contributed by atoms with Gasteiger partial charge in [0.2, 0.25) is 10.0 Å². The van der Waals surface area contributed by atoms with Gasteiger partial charge < -0.3 is 9.47 Å². The number of hydrogen-bond donors (Lipinski definition) is 1. The molecule has 0 radical (unpaired) electrons. The van der Waals surface area contributed by atoms with Gasteiger partial charge >= 0.3 is 5.97 Å². The third kappa shape index (κ3) is 5.55. The molecule has 1 fully saturated rings. The molecular formula is C19H21NO7S2. The maximum absolute atomic E-state index is 12.5. The molecule has 1 atom stereocenters. The van der Waals surface area contributed by atoms with Gasteiger partial charge in [-0.3, -0.25) is 0 Å². The Bertz CT molecular complexity index is 1090. The van der Waals surface area contributed by atoms with E-state index in [9.17, 15) is 21.6 Å². The summed E-state index contributed by atoms with van der Waals surface area (Å²) < 4.78 is 60.8. The van der Waals surface area contributed by atoms with Gasteiger partial charge in [0.15, 0.2) is 9.84 Å². The molecule has 3 rings (SSSR count). The number of hydrogen-bond acceptors (Lipinski definition) is 7. The van der Waals surface area contributed by atoms with Gasteiger partial charge in [-0.25, -0.2) is 26.4 Å². The Morgan fingerprint density at radius 3 is 2.52 bits per heavy atom. The number of carbonyl (C=O) groups excluding carboxylic acids is 1. The minimum absolute atomic E-state index is 0.0258. The molecule has 0 bridgehead atoms. The van der Waals surface area contributed by atoms with Gasteiger partial charge in [-0.2, -0.15) is 0 Å². The Hall–Kier alpha value is -2.43. The highest BCUT2D eigenvalue weighted by atomic mass is 32.2. The van der Waals surface area contributed by atoms with Gasteiger partial charge in [0, 0.05) is 6.04 Å². The van der Waals surface area contributed by atoms with Crippen LogP contribution >= 0.6 is 0 Å². The van der Waals surface area contributed by atoms with Crippen molar-refractivity contribution in [3.8, 4) is 5.75 Å². The zero-order valence-electron chi connectivity index (χ0n) is 15.7. The summed E-state index contributed by atoms with van der Waals surface area (Å²) in [7, 11) is -5.63. The zero-order valence-corrected chi connectivity index (χ0v) is 17.3. The van der Waals surface area contributed by atoms with E-state index in [2.05, 4.69) is 4.72 Å².